The lowest BCUT2D eigenvalue weighted by Gasteiger charge is -2.36. The number of hydrogen-bond donors (Lipinski definition) is 0. The third kappa shape index (κ3) is 2.62. The van der Waals surface area contributed by atoms with Crippen molar-refractivity contribution in [3.63, 3.8) is 0 Å². The van der Waals surface area contributed by atoms with Crippen LogP contribution in [-0.2, 0) is 0 Å². The molecule has 0 unspecified atom stereocenters. The first-order valence-electron chi connectivity index (χ1n) is 6.88. The van der Waals surface area contributed by atoms with Gasteiger partial charge >= 0.3 is 0 Å². The van der Waals surface area contributed by atoms with E-state index >= 15 is 0 Å². The predicted octanol–water partition coefficient (Wildman–Crippen LogP) is 4.99. The minimum atomic E-state index is -0.316. The fourth-order valence-electron chi connectivity index (χ4n) is 2.61. The fourth-order valence-corrected chi connectivity index (χ4v) is 3.09. The van der Waals surface area contributed by atoms with Crippen molar-refractivity contribution >= 4 is 46.3 Å². The molecule has 0 fully saturated rings. The maximum Gasteiger partial charge on any atom is 0.260 e. The Morgan fingerprint density at radius 3 is 2.19 bits per heavy atom. The highest BCUT2D eigenvalue weighted by atomic mass is 127. The van der Waals surface area contributed by atoms with Gasteiger partial charge < -0.3 is 0 Å². The lowest BCUT2D eigenvalue weighted by Crippen LogP contribution is -2.44. The van der Waals surface area contributed by atoms with Crippen molar-refractivity contribution in [3.05, 3.63) is 65.2 Å². The second kappa shape index (κ2) is 5.30. The second-order valence-electron chi connectivity index (χ2n) is 5.53. The minimum Gasteiger partial charge on any atom is -0.293 e. The van der Waals surface area contributed by atoms with Crippen LogP contribution in [0.1, 0.15) is 35.3 Å². The van der Waals surface area contributed by atoms with Gasteiger partial charge in [-0.2, -0.15) is 0 Å². The van der Waals surface area contributed by atoms with Crippen LogP contribution in [0.4, 0.5) is 5.69 Å². The predicted molar refractivity (Wildman–Crippen MR) is 96.7 cm³/mol. The summed E-state index contributed by atoms with van der Waals surface area (Å²) in [7, 11) is 0. The zero-order chi connectivity index (χ0) is 15.0. The van der Waals surface area contributed by atoms with E-state index < -0.39 is 0 Å². The van der Waals surface area contributed by atoms with Crippen molar-refractivity contribution in [1.82, 2.24) is 0 Å². The van der Waals surface area contributed by atoms with E-state index in [1.165, 1.54) is 0 Å². The molecular weight excluding hydrogens is 373 g/mol. The molecule has 0 spiro atoms. The van der Waals surface area contributed by atoms with Crippen LogP contribution >= 0.6 is 22.6 Å². The van der Waals surface area contributed by atoms with Gasteiger partial charge in [0.05, 0.1) is 9.23 Å². The van der Waals surface area contributed by atoms with Gasteiger partial charge in [-0.25, -0.2) is 0 Å². The molecule has 1 heterocycles. The Labute approximate surface area is 138 Å². The zero-order valence-electron chi connectivity index (χ0n) is 12.0. The topological polar surface area (TPSA) is 20.3 Å². The van der Waals surface area contributed by atoms with Crippen LogP contribution in [0.25, 0.3) is 12.2 Å². The van der Waals surface area contributed by atoms with E-state index in [9.17, 15) is 4.79 Å². The molecule has 106 valence electrons. The number of rotatable bonds is 1. The summed E-state index contributed by atoms with van der Waals surface area (Å²) in [6, 6.07) is 15.8. The van der Waals surface area contributed by atoms with Crippen LogP contribution in [0.2, 0.25) is 0 Å². The normalized spacial score (nSPS) is 15.8. The minimum absolute atomic E-state index is 0.0433. The van der Waals surface area contributed by atoms with Gasteiger partial charge in [0.15, 0.2) is 0 Å². The molecule has 0 saturated heterocycles. The molecule has 3 rings (SSSR count). The number of anilines is 1. The highest BCUT2D eigenvalue weighted by molar-refractivity contribution is 14.1. The average Bonchev–Trinajstić information content (AvgIpc) is 2.43. The monoisotopic (exact) mass is 389 g/mol. The first-order chi connectivity index (χ1) is 9.98. The Balaban J connectivity index is 2.30. The first-order valence-corrected chi connectivity index (χ1v) is 7.96. The molecule has 2 aromatic carbocycles. The number of nitrogens with zero attached hydrogens (tertiary/aromatic N) is 1. The maximum atomic E-state index is 13.1. The Hall–Kier alpha value is -1.62. The van der Waals surface area contributed by atoms with Crippen LogP contribution in [0.5, 0.6) is 0 Å². The molecule has 1 amide bonds. The van der Waals surface area contributed by atoms with Crippen molar-refractivity contribution in [2.24, 2.45) is 0 Å². The number of carbonyl (C=O) groups is 1. The molecule has 1 aliphatic heterocycles. The summed E-state index contributed by atoms with van der Waals surface area (Å²) in [5, 5.41) is 0. The second-order valence-corrected chi connectivity index (χ2v) is 8.17. The van der Waals surface area contributed by atoms with E-state index in [2.05, 4.69) is 42.5 Å². The molecule has 0 radical (unpaired) electrons. The van der Waals surface area contributed by atoms with E-state index in [-0.39, 0.29) is 9.45 Å². The number of alkyl halides is 1. The summed E-state index contributed by atoms with van der Waals surface area (Å²) >= 11 is 2.32. The third-order valence-electron chi connectivity index (χ3n) is 3.55. The van der Waals surface area contributed by atoms with Crippen molar-refractivity contribution in [2.75, 3.05) is 4.90 Å². The molecule has 0 aliphatic carbocycles. The number of benzene rings is 2. The van der Waals surface area contributed by atoms with Gasteiger partial charge in [-0.1, -0.05) is 71.1 Å². The highest BCUT2D eigenvalue weighted by Crippen LogP contribution is 2.36. The average molecular weight is 389 g/mol. The summed E-state index contributed by atoms with van der Waals surface area (Å²) in [5.74, 6) is 0.0433. The largest absolute Gasteiger partial charge is 0.293 e. The molecule has 1 aliphatic rings. The molecular formula is C18H16INO. The number of para-hydroxylation sites is 1. The molecule has 0 aromatic heterocycles. The van der Waals surface area contributed by atoms with Crippen molar-refractivity contribution in [2.45, 2.75) is 17.4 Å². The number of fused-ring (bicyclic) bond motifs is 2. The van der Waals surface area contributed by atoms with E-state index in [4.69, 9.17) is 0 Å². The maximum absolute atomic E-state index is 13.1. The van der Waals surface area contributed by atoms with E-state index in [0.717, 1.165) is 22.4 Å². The molecule has 0 saturated carbocycles. The number of halogens is 1. The molecule has 2 aromatic rings. The highest BCUT2D eigenvalue weighted by Gasteiger charge is 2.33. The summed E-state index contributed by atoms with van der Waals surface area (Å²) < 4.78 is -0.316. The summed E-state index contributed by atoms with van der Waals surface area (Å²) in [5.41, 5.74) is 3.72. The third-order valence-corrected chi connectivity index (χ3v) is 4.03. The van der Waals surface area contributed by atoms with Gasteiger partial charge in [-0.15, -0.1) is 0 Å². The Morgan fingerprint density at radius 1 is 0.905 bits per heavy atom. The van der Waals surface area contributed by atoms with Crippen molar-refractivity contribution < 1.29 is 4.79 Å². The van der Waals surface area contributed by atoms with Crippen molar-refractivity contribution in [1.29, 1.82) is 0 Å². The SMILES string of the molecule is CC(C)(I)N1C(=O)c2ccccc2/C=C\c2ccccc21. The molecule has 21 heavy (non-hydrogen) atoms. The number of hydrogen-bond acceptors (Lipinski definition) is 1. The van der Waals surface area contributed by atoms with Gasteiger partial charge in [-0.05, 0) is 37.1 Å². The van der Waals surface area contributed by atoms with E-state index in [0.29, 0.717) is 0 Å². The summed E-state index contributed by atoms with van der Waals surface area (Å²) in [4.78, 5) is 15.0. The van der Waals surface area contributed by atoms with E-state index in [1.54, 1.807) is 0 Å². The molecule has 3 heteroatoms. The molecule has 0 N–H and O–H groups in total. The zero-order valence-corrected chi connectivity index (χ0v) is 14.2. The molecule has 0 atom stereocenters. The van der Waals surface area contributed by atoms with Gasteiger partial charge in [-0.3, -0.25) is 9.69 Å². The fraction of sp³-hybridized carbons (Fsp3) is 0.167. The quantitative estimate of drug-likeness (QED) is 0.382. The lowest BCUT2D eigenvalue weighted by atomic mass is 9.99. The van der Waals surface area contributed by atoms with Gasteiger partial charge in [0.1, 0.15) is 0 Å². The van der Waals surface area contributed by atoms with Gasteiger partial charge in [0.2, 0.25) is 0 Å². The van der Waals surface area contributed by atoms with E-state index in [1.807, 2.05) is 59.5 Å². The van der Waals surface area contributed by atoms with Crippen LogP contribution in [0, 0.1) is 0 Å². The standard InChI is InChI=1S/C18H16INO/c1-18(2,19)20-16-10-6-4-8-14(16)12-11-13-7-3-5-9-15(13)17(20)21/h3-12H,1-2H3/b12-11-. The number of amides is 1. The Bertz CT molecular complexity index is 728. The smallest absolute Gasteiger partial charge is 0.260 e. The first kappa shape index (κ1) is 14.3. The van der Waals surface area contributed by atoms with Gasteiger partial charge in [0.25, 0.3) is 5.91 Å². The summed E-state index contributed by atoms with van der Waals surface area (Å²) in [6.07, 6.45) is 4.10. The summed E-state index contributed by atoms with van der Waals surface area (Å²) in [6.45, 7) is 4.10. The van der Waals surface area contributed by atoms with Crippen LogP contribution in [0.15, 0.2) is 48.5 Å². The molecule has 2 nitrogen and oxygen atoms in total. The lowest BCUT2D eigenvalue weighted by molar-refractivity contribution is 0.0978. The van der Waals surface area contributed by atoms with Gasteiger partial charge in [0, 0.05) is 5.56 Å². The van der Waals surface area contributed by atoms with Crippen LogP contribution in [0.3, 0.4) is 0 Å². The molecule has 0 bridgehead atoms. The van der Waals surface area contributed by atoms with Crippen LogP contribution in [-0.4, -0.2) is 9.45 Å². The van der Waals surface area contributed by atoms with Crippen molar-refractivity contribution in [3.8, 4) is 0 Å². The Kier molecular flexibility index (Phi) is 3.61. The number of carbonyl (C=O) groups excluding carboxylic acids is 1. The van der Waals surface area contributed by atoms with Crippen LogP contribution < -0.4 is 4.90 Å². The Morgan fingerprint density at radius 2 is 1.48 bits per heavy atom.